The summed E-state index contributed by atoms with van der Waals surface area (Å²) in [5, 5.41) is 2.98. The van der Waals surface area contributed by atoms with E-state index >= 15 is 0 Å². The fraction of sp³-hybridized carbons (Fsp3) is 0.389. The first-order valence-corrected chi connectivity index (χ1v) is 8.17. The molecule has 1 aromatic carbocycles. The average Bonchev–Trinajstić information content (AvgIpc) is 3.06. The van der Waals surface area contributed by atoms with Crippen LogP contribution in [-0.4, -0.2) is 22.5 Å². The lowest BCUT2D eigenvalue weighted by atomic mass is 9.82. The largest absolute Gasteiger partial charge is 0.465 e. The van der Waals surface area contributed by atoms with Gasteiger partial charge in [-0.25, -0.2) is 14.4 Å². The molecule has 1 aromatic heterocycles. The zero-order valence-electron chi connectivity index (χ0n) is 13.6. The Morgan fingerprint density at radius 2 is 2.12 bits per heavy atom. The maximum atomic E-state index is 13.3. The van der Waals surface area contributed by atoms with Gasteiger partial charge in [-0.15, -0.1) is 0 Å². The Kier molecular flexibility index (Phi) is 4.74. The summed E-state index contributed by atoms with van der Waals surface area (Å²) in [6.07, 6.45) is 5.00. The Morgan fingerprint density at radius 3 is 2.83 bits per heavy atom. The molecule has 0 saturated heterocycles. The molecule has 0 aliphatic heterocycles. The van der Waals surface area contributed by atoms with Crippen LogP contribution in [0.1, 0.15) is 38.3 Å². The lowest BCUT2D eigenvalue weighted by molar-refractivity contribution is -0.150. The predicted octanol–water partition coefficient (Wildman–Crippen LogP) is 3.73. The van der Waals surface area contributed by atoms with Crippen molar-refractivity contribution in [1.82, 2.24) is 9.97 Å². The Balaban J connectivity index is 1.89. The quantitative estimate of drug-likeness (QED) is 0.847. The highest BCUT2D eigenvalue weighted by atomic mass is 19.1. The van der Waals surface area contributed by atoms with E-state index in [1.807, 2.05) is 0 Å². The van der Waals surface area contributed by atoms with E-state index in [1.54, 1.807) is 31.3 Å². The number of carbonyl (C=O) groups excluding carboxylic acids is 1. The molecule has 1 aliphatic carbocycles. The van der Waals surface area contributed by atoms with Crippen molar-refractivity contribution in [2.24, 2.45) is 0 Å². The number of nitrogens with one attached hydrogen (secondary N) is 1. The molecule has 5 nitrogen and oxygen atoms in total. The van der Waals surface area contributed by atoms with Crippen molar-refractivity contribution in [2.45, 2.75) is 38.0 Å². The van der Waals surface area contributed by atoms with Crippen molar-refractivity contribution in [3.05, 3.63) is 48.0 Å². The molecule has 0 radical (unpaired) electrons. The van der Waals surface area contributed by atoms with E-state index in [0.717, 1.165) is 25.7 Å². The van der Waals surface area contributed by atoms with Gasteiger partial charge in [0.05, 0.1) is 12.3 Å². The van der Waals surface area contributed by atoms with E-state index < -0.39 is 5.41 Å². The van der Waals surface area contributed by atoms with E-state index in [-0.39, 0.29) is 11.8 Å². The minimum atomic E-state index is -0.697. The Hall–Kier alpha value is -2.50. The molecule has 0 spiro atoms. The van der Waals surface area contributed by atoms with Crippen molar-refractivity contribution in [1.29, 1.82) is 0 Å². The van der Waals surface area contributed by atoms with Crippen LogP contribution in [0.3, 0.4) is 0 Å². The van der Waals surface area contributed by atoms with E-state index in [2.05, 4.69) is 15.3 Å². The maximum Gasteiger partial charge on any atom is 0.318 e. The molecule has 0 unspecified atom stereocenters. The van der Waals surface area contributed by atoms with Gasteiger partial charge in [-0.1, -0.05) is 18.9 Å². The van der Waals surface area contributed by atoms with Crippen LogP contribution in [-0.2, 0) is 14.9 Å². The molecule has 3 rings (SSSR count). The Labute approximate surface area is 140 Å². The number of hydrogen-bond donors (Lipinski definition) is 1. The average molecular weight is 329 g/mol. The van der Waals surface area contributed by atoms with Crippen molar-refractivity contribution in [2.75, 3.05) is 11.9 Å². The molecule has 24 heavy (non-hydrogen) atoms. The topological polar surface area (TPSA) is 64.1 Å². The maximum absolute atomic E-state index is 13.3. The van der Waals surface area contributed by atoms with Gasteiger partial charge < -0.3 is 10.1 Å². The first-order valence-electron chi connectivity index (χ1n) is 8.17. The van der Waals surface area contributed by atoms with Gasteiger partial charge in [0.2, 0.25) is 5.95 Å². The van der Waals surface area contributed by atoms with Crippen LogP contribution in [0.4, 0.5) is 16.0 Å². The van der Waals surface area contributed by atoms with Crippen LogP contribution in [0.15, 0.2) is 36.5 Å². The van der Waals surface area contributed by atoms with Gasteiger partial charge in [-0.2, -0.15) is 0 Å². The molecule has 126 valence electrons. The second-order valence-corrected chi connectivity index (χ2v) is 5.91. The predicted molar refractivity (Wildman–Crippen MR) is 88.5 cm³/mol. The summed E-state index contributed by atoms with van der Waals surface area (Å²) in [4.78, 5) is 21.2. The molecule has 6 heteroatoms. The standard InChI is InChI=1S/C18H20FN3O2/c1-2-24-16(23)18(9-3-4-10-18)15-8-11-20-17(22-15)21-14-7-5-6-13(19)12-14/h5-8,11-12H,2-4,9-10H2,1H3,(H,20,21,22). The summed E-state index contributed by atoms with van der Waals surface area (Å²) >= 11 is 0. The van der Waals surface area contributed by atoms with Gasteiger partial charge in [0.25, 0.3) is 0 Å². The molecule has 1 heterocycles. The highest BCUT2D eigenvalue weighted by molar-refractivity contribution is 5.83. The van der Waals surface area contributed by atoms with E-state index in [4.69, 9.17) is 4.74 Å². The number of nitrogens with zero attached hydrogens (tertiary/aromatic N) is 2. The highest BCUT2D eigenvalue weighted by Crippen LogP contribution is 2.41. The van der Waals surface area contributed by atoms with Crippen molar-refractivity contribution >= 4 is 17.6 Å². The van der Waals surface area contributed by atoms with Crippen molar-refractivity contribution in [3.63, 3.8) is 0 Å². The molecule has 1 aliphatic rings. The van der Waals surface area contributed by atoms with Gasteiger partial charge in [-0.05, 0) is 44.0 Å². The summed E-state index contributed by atoms with van der Waals surface area (Å²) in [5.41, 5.74) is 0.522. The minimum Gasteiger partial charge on any atom is -0.465 e. The molecule has 0 amide bonds. The number of hydrogen-bond acceptors (Lipinski definition) is 5. The van der Waals surface area contributed by atoms with Gasteiger partial charge in [0, 0.05) is 11.9 Å². The fourth-order valence-electron chi connectivity index (χ4n) is 3.19. The first kappa shape index (κ1) is 16.4. The van der Waals surface area contributed by atoms with Gasteiger partial charge in [0.1, 0.15) is 11.2 Å². The zero-order chi connectivity index (χ0) is 17.0. The number of ether oxygens (including phenoxy) is 1. The number of carbonyl (C=O) groups is 1. The monoisotopic (exact) mass is 329 g/mol. The highest BCUT2D eigenvalue weighted by Gasteiger charge is 2.45. The Morgan fingerprint density at radius 1 is 1.33 bits per heavy atom. The van der Waals surface area contributed by atoms with Crippen LogP contribution in [0.5, 0.6) is 0 Å². The van der Waals surface area contributed by atoms with Gasteiger partial charge in [0.15, 0.2) is 0 Å². The first-order chi connectivity index (χ1) is 11.6. The van der Waals surface area contributed by atoms with E-state index in [0.29, 0.717) is 23.9 Å². The number of halogens is 1. The van der Waals surface area contributed by atoms with Crippen LogP contribution >= 0.6 is 0 Å². The van der Waals surface area contributed by atoms with Crippen LogP contribution in [0.2, 0.25) is 0 Å². The summed E-state index contributed by atoms with van der Waals surface area (Å²) in [5.74, 6) is -0.221. The van der Waals surface area contributed by atoms with Crippen LogP contribution in [0.25, 0.3) is 0 Å². The molecule has 2 aromatic rings. The van der Waals surface area contributed by atoms with E-state index in [1.165, 1.54) is 12.1 Å². The van der Waals surface area contributed by atoms with Gasteiger partial charge >= 0.3 is 5.97 Å². The third-order valence-corrected chi connectivity index (χ3v) is 4.35. The zero-order valence-corrected chi connectivity index (χ0v) is 13.6. The minimum absolute atomic E-state index is 0.224. The lowest BCUT2D eigenvalue weighted by Gasteiger charge is -2.26. The number of anilines is 2. The van der Waals surface area contributed by atoms with Gasteiger partial charge in [-0.3, -0.25) is 4.79 Å². The smallest absolute Gasteiger partial charge is 0.318 e. The molecule has 0 atom stereocenters. The molecule has 0 bridgehead atoms. The van der Waals surface area contributed by atoms with Crippen LogP contribution < -0.4 is 5.32 Å². The number of aromatic nitrogens is 2. The normalized spacial score (nSPS) is 15.9. The lowest BCUT2D eigenvalue weighted by Crippen LogP contribution is -2.35. The van der Waals surface area contributed by atoms with E-state index in [9.17, 15) is 9.18 Å². The summed E-state index contributed by atoms with van der Waals surface area (Å²) in [6, 6.07) is 7.84. The SMILES string of the molecule is CCOC(=O)C1(c2ccnc(Nc3cccc(F)c3)n2)CCCC1. The molecule has 1 N–H and O–H groups in total. The van der Waals surface area contributed by atoms with Crippen LogP contribution in [0, 0.1) is 5.82 Å². The summed E-state index contributed by atoms with van der Waals surface area (Å²) < 4.78 is 18.6. The third-order valence-electron chi connectivity index (χ3n) is 4.35. The Bertz CT molecular complexity index is 730. The number of rotatable bonds is 5. The number of benzene rings is 1. The summed E-state index contributed by atoms with van der Waals surface area (Å²) in [6.45, 7) is 2.15. The van der Waals surface area contributed by atoms with Crippen molar-refractivity contribution in [3.8, 4) is 0 Å². The second-order valence-electron chi connectivity index (χ2n) is 5.91. The second kappa shape index (κ2) is 6.95. The summed E-state index contributed by atoms with van der Waals surface area (Å²) in [7, 11) is 0. The molecular formula is C18H20FN3O2. The molecular weight excluding hydrogens is 309 g/mol. The number of esters is 1. The molecule has 1 fully saturated rings. The fourth-order valence-corrected chi connectivity index (χ4v) is 3.19. The van der Waals surface area contributed by atoms with Crippen molar-refractivity contribution < 1.29 is 13.9 Å². The molecule has 1 saturated carbocycles. The third kappa shape index (κ3) is 3.22.